The van der Waals surface area contributed by atoms with Crippen LogP contribution in [0.3, 0.4) is 0 Å². The van der Waals surface area contributed by atoms with Gasteiger partial charge in [-0.25, -0.2) is 9.78 Å². The van der Waals surface area contributed by atoms with Crippen LogP contribution in [0.15, 0.2) is 18.3 Å². The van der Waals surface area contributed by atoms with Crippen LogP contribution in [0.25, 0.3) is 0 Å². The second-order valence-electron chi connectivity index (χ2n) is 3.15. The second kappa shape index (κ2) is 5.22. The van der Waals surface area contributed by atoms with Crippen molar-refractivity contribution >= 4 is 11.9 Å². The van der Waals surface area contributed by atoms with Crippen LogP contribution in [-0.2, 0) is 16.0 Å². The van der Waals surface area contributed by atoms with Gasteiger partial charge in [-0.15, -0.1) is 0 Å². The van der Waals surface area contributed by atoms with E-state index < -0.39 is 18.0 Å². The van der Waals surface area contributed by atoms with Crippen LogP contribution >= 0.6 is 0 Å². The molecule has 6 nitrogen and oxygen atoms in total. The minimum atomic E-state index is -1.15. The maximum atomic E-state index is 11.1. The molecule has 0 saturated heterocycles. The molecule has 0 spiro atoms. The number of esters is 1. The molecule has 86 valence electrons. The highest BCUT2D eigenvalue weighted by atomic mass is 16.5. The molecule has 1 heterocycles. The van der Waals surface area contributed by atoms with Gasteiger partial charge in [-0.3, -0.25) is 4.79 Å². The number of hydrogen-bond donors (Lipinski definition) is 2. The van der Waals surface area contributed by atoms with Gasteiger partial charge < -0.3 is 15.6 Å². The summed E-state index contributed by atoms with van der Waals surface area (Å²) < 4.78 is 4.45. The molecule has 6 heteroatoms. The van der Waals surface area contributed by atoms with Gasteiger partial charge in [-0.2, -0.15) is 0 Å². The highest BCUT2D eigenvalue weighted by molar-refractivity contribution is 5.87. The predicted molar refractivity (Wildman–Crippen MR) is 54.9 cm³/mol. The summed E-state index contributed by atoms with van der Waals surface area (Å²) in [5.74, 6) is -1.73. The summed E-state index contributed by atoms with van der Waals surface area (Å²) in [5, 5.41) is 8.85. The maximum Gasteiger partial charge on any atom is 0.354 e. The number of carboxylic acids is 1. The summed E-state index contributed by atoms with van der Waals surface area (Å²) >= 11 is 0. The molecule has 0 aliphatic carbocycles. The molecule has 0 amide bonds. The molecule has 0 radical (unpaired) electrons. The van der Waals surface area contributed by atoms with E-state index in [-0.39, 0.29) is 12.1 Å². The molecular weight excluding hydrogens is 212 g/mol. The molecule has 0 saturated carbocycles. The maximum absolute atomic E-state index is 11.1. The van der Waals surface area contributed by atoms with Gasteiger partial charge in [0.05, 0.1) is 7.11 Å². The van der Waals surface area contributed by atoms with Gasteiger partial charge in [-0.05, 0) is 11.6 Å². The minimum Gasteiger partial charge on any atom is -0.477 e. The van der Waals surface area contributed by atoms with E-state index in [2.05, 4.69) is 9.72 Å². The molecule has 1 rings (SSSR count). The molecule has 0 unspecified atom stereocenters. The molecule has 0 bridgehead atoms. The first-order valence-corrected chi connectivity index (χ1v) is 4.57. The zero-order valence-electron chi connectivity index (χ0n) is 8.71. The Morgan fingerprint density at radius 1 is 1.62 bits per heavy atom. The Kier molecular flexibility index (Phi) is 3.96. The average molecular weight is 224 g/mol. The second-order valence-corrected chi connectivity index (χ2v) is 3.15. The smallest absolute Gasteiger partial charge is 0.354 e. The van der Waals surface area contributed by atoms with Crippen molar-refractivity contribution in [1.82, 2.24) is 4.98 Å². The van der Waals surface area contributed by atoms with Crippen molar-refractivity contribution in [2.45, 2.75) is 12.5 Å². The van der Waals surface area contributed by atoms with Gasteiger partial charge in [0.1, 0.15) is 6.04 Å². The molecule has 0 aliphatic rings. The number of nitrogens with two attached hydrogens (primary N) is 1. The molecule has 1 aromatic heterocycles. The Hall–Kier alpha value is -1.95. The quantitative estimate of drug-likeness (QED) is 0.688. The number of aromatic carboxylic acids is 1. The largest absolute Gasteiger partial charge is 0.477 e. The molecule has 1 atom stereocenters. The monoisotopic (exact) mass is 224 g/mol. The summed E-state index contributed by atoms with van der Waals surface area (Å²) in [4.78, 5) is 25.6. The predicted octanol–water partition coefficient (Wildman–Crippen LogP) is -0.177. The first kappa shape index (κ1) is 12.1. The van der Waals surface area contributed by atoms with Gasteiger partial charge in [-0.1, -0.05) is 6.07 Å². The van der Waals surface area contributed by atoms with Crippen molar-refractivity contribution < 1.29 is 19.4 Å². The molecule has 16 heavy (non-hydrogen) atoms. The van der Waals surface area contributed by atoms with E-state index in [0.29, 0.717) is 5.56 Å². The van der Waals surface area contributed by atoms with Crippen molar-refractivity contribution in [3.05, 3.63) is 29.6 Å². The lowest BCUT2D eigenvalue weighted by atomic mass is 10.1. The molecule has 0 aliphatic heterocycles. The third-order valence-electron chi connectivity index (χ3n) is 2.04. The zero-order valence-corrected chi connectivity index (χ0v) is 8.71. The number of ether oxygens (including phenoxy) is 1. The summed E-state index contributed by atoms with van der Waals surface area (Å²) in [6.45, 7) is 0. The number of rotatable bonds is 4. The fourth-order valence-electron chi connectivity index (χ4n) is 1.27. The highest BCUT2D eigenvalue weighted by Crippen LogP contribution is 2.08. The molecule has 3 N–H and O–H groups in total. The van der Waals surface area contributed by atoms with Gasteiger partial charge in [0.25, 0.3) is 0 Å². The van der Waals surface area contributed by atoms with Crippen LogP contribution in [0, 0.1) is 0 Å². The lowest BCUT2D eigenvalue weighted by Crippen LogP contribution is -2.34. The van der Waals surface area contributed by atoms with E-state index in [9.17, 15) is 9.59 Å². The molecule has 0 fully saturated rings. The van der Waals surface area contributed by atoms with Crippen molar-refractivity contribution in [3.63, 3.8) is 0 Å². The lowest BCUT2D eigenvalue weighted by Gasteiger charge is -2.10. The fraction of sp³-hybridized carbons (Fsp3) is 0.300. The van der Waals surface area contributed by atoms with Gasteiger partial charge in [0.2, 0.25) is 0 Å². The van der Waals surface area contributed by atoms with E-state index in [1.165, 1.54) is 13.3 Å². The van der Waals surface area contributed by atoms with Crippen molar-refractivity contribution in [2.75, 3.05) is 7.11 Å². The zero-order chi connectivity index (χ0) is 12.1. The first-order chi connectivity index (χ1) is 7.56. The van der Waals surface area contributed by atoms with Gasteiger partial charge in [0.15, 0.2) is 5.69 Å². The summed E-state index contributed by atoms with van der Waals surface area (Å²) in [6, 6.07) is 2.28. The number of methoxy groups -OCH3 is 1. The van der Waals surface area contributed by atoms with Gasteiger partial charge >= 0.3 is 11.9 Å². The average Bonchev–Trinajstić information content (AvgIpc) is 2.28. The summed E-state index contributed by atoms with van der Waals surface area (Å²) in [6.07, 6.45) is 1.46. The van der Waals surface area contributed by atoms with E-state index >= 15 is 0 Å². The van der Waals surface area contributed by atoms with Crippen LogP contribution in [-0.4, -0.2) is 35.2 Å². The molecule has 1 aromatic rings. The van der Waals surface area contributed by atoms with E-state index in [1.54, 1.807) is 12.1 Å². The lowest BCUT2D eigenvalue weighted by molar-refractivity contribution is -0.142. The third kappa shape index (κ3) is 2.77. The molecule has 0 aromatic carbocycles. The Morgan fingerprint density at radius 3 is 2.88 bits per heavy atom. The third-order valence-corrected chi connectivity index (χ3v) is 2.04. The normalized spacial score (nSPS) is 11.9. The van der Waals surface area contributed by atoms with Crippen LogP contribution < -0.4 is 5.73 Å². The first-order valence-electron chi connectivity index (χ1n) is 4.57. The van der Waals surface area contributed by atoms with Crippen LogP contribution in [0.4, 0.5) is 0 Å². The van der Waals surface area contributed by atoms with Crippen LogP contribution in [0.1, 0.15) is 16.1 Å². The van der Waals surface area contributed by atoms with Crippen molar-refractivity contribution in [2.24, 2.45) is 5.73 Å². The number of carboxylic acid groups (broad SMARTS) is 1. The summed E-state index contributed by atoms with van der Waals surface area (Å²) in [7, 11) is 1.23. The Balaban J connectivity index is 2.88. The number of carbonyl (C=O) groups is 2. The van der Waals surface area contributed by atoms with E-state index in [0.717, 1.165) is 0 Å². The van der Waals surface area contributed by atoms with Crippen LogP contribution in [0.2, 0.25) is 0 Å². The van der Waals surface area contributed by atoms with E-state index in [4.69, 9.17) is 10.8 Å². The Labute approximate surface area is 92.0 Å². The van der Waals surface area contributed by atoms with Crippen molar-refractivity contribution in [3.8, 4) is 0 Å². The highest BCUT2D eigenvalue weighted by Gasteiger charge is 2.18. The van der Waals surface area contributed by atoms with E-state index in [1.807, 2.05) is 0 Å². The number of aromatic nitrogens is 1. The van der Waals surface area contributed by atoms with Gasteiger partial charge in [0, 0.05) is 12.6 Å². The Morgan fingerprint density at radius 2 is 2.31 bits per heavy atom. The summed E-state index contributed by atoms with van der Waals surface area (Å²) in [5.41, 5.74) is 5.85. The SMILES string of the molecule is COC(=O)[C@@H](N)Cc1cccnc1C(=O)O. The number of pyridine rings is 1. The number of hydrogen-bond acceptors (Lipinski definition) is 5. The number of nitrogens with zero attached hydrogens (tertiary/aromatic N) is 1. The van der Waals surface area contributed by atoms with Crippen molar-refractivity contribution in [1.29, 1.82) is 0 Å². The standard InChI is InChI=1S/C10H12N2O4/c1-16-10(15)7(11)5-6-3-2-4-12-8(6)9(13)14/h2-4,7H,5,11H2,1H3,(H,13,14)/t7-/m0/s1. The Bertz CT molecular complexity index is 406. The number of carbonyl (C=O) groups excluding carboxylic acids is 1. The van der Waals surface area contributed by atoms with Crippen LogP contribution in [0.5, 0.6) is 0 Å². The topological polar surface area (TPSA) is 103 Å². The minimum absolute atomic E-state index is 0.0855. The molecular formula is C10H12N2O4. The fourth-order valence-corrected chi connectivity index (χ4v) is 1.27.